The molecule has 3 atom stereocenters. The molecule has 1 amide bonds. The molecule has 8 heteroatoms. The number of sulfone groups is 1. The van der Waals surface area contributed by atoms with E-state index in [0.717, 1.165) is 5.56 Å². The van der Waals surface area contributed by atoms with E-state index in [4.69, 9.17) is 9.47 Å². The largest absolute Gasteiger partial charge is 0.497 e. The number of aldehydes is 1. The molecule has 2 aromatic rings. The Labute approximate surface area is 182 Å². The van der Waals surface area contributed by atoms with Crippen molar-refractivity contribution in [3.05, 3.63) is 59.7 Å². The van der Waals surface area contributed by atoms with Crippen LogP contribution in [0.1, 0.15) is 37.8 Å². The minimum atomic E-state index is -3.94. The predicted octanol–water partition coefficient (Wildman–Crippen LogP) is 3.41. The van der Waals surface area contributed by atoms with Gasteiger partial charge in [0.1, 0.15) is 28.4 Å². The number of benzene rings is 2. The molecular formula is C23H27NO6S. The van der Waals surface area contributed by atoms with Crippen molar-refractivity contribution in [2.24, 2.45) is 0 Å². The summed E-state index contributed by atoms with van der Waals surface area (Å²) in [5.41, 5.74) is -0.926. The zero-order valence-electron chi connectivity index (χ0n) is 18.2. The first-order chi connectivity index (χ1) is 14.4. The monoisotopic (exact) mass is 445 g/mol. The molecular weight excluding hydrogens is 418 g/mol. The lowest BCUT2D eigenvalue weighted by Gasteiger charge is -2.22. The summed E-state index contributed by atoms with van der Waals surface area (Å²) in [5.74, 6) is -0.172. The third kappa shape index (κ3) is 4.44. The van der Waals surface area contributed by atoms with Gasteiger partial charge in [0.25, 0.3) is 0 Å². The van der Waals surface area contributed by atoms with Crippen molar-refractivity contribution in [3.63, 3.8) is 0 Å². The molecule has 1 saturated carbocycles. The first-order valence-electron chi connectivity index (χ1n) is 9.86. The maximum Gasteiger partial charge on any atom is 0.408 e. The highest BCUT2D eigenvalue weighted by molar-refractivity contribution is 7.92. The van der Waals surface area contributed by atoms with Crippen LogP contribution in [0.3, 0.4) is 0 Å². The van der Waals surface area contributed by atoms with Gasteiger partial charge >= 0.3 is 6.09 Å². The highest BCUT2D eigenvalue weighted by Crippen LogP contribution is 2.56. The summed E-state index contributed by atoms with van der Waals surface area (Å²) < 4.78 is 37.4. The van der Waals surface area contributed by atoms with Crippen LogP contribution in [0.4, 0.5) is 4.79 Å². The molecule has 0 radical (unpaired) electrons. The van der Waals surface area contributed by atoms with E-state index in [1.807, 2.05) is 6.92 Å². The fourth-order valence-electron chi connectivity index (χ4n) is 3.75. The van der Waals surface area contributed by atoms with Crippen molar-refractivity contribution in [2.75, 3.05) is 7.11 Å². The van der Waals surface area contributed by atoms with Crippen LogP contribution < -0.4 is 10.1 Å². The zero-order valence-corrected chi connectivity index (χ0v) is 19.0. The summed E-state index contributed by atoms with van der Waals surface area (Å²) in [6.07, 6.45) is -0.345. The van der Waals surface area contributed by atoms with Crippen LogP contribution in [0, 0.1) is 6.92 Å². The van der Waals surface area contributed by atoms with Crippen LogP contribution in [0.2, 0.25) is 0 Å². The Morgan fingerprint density at radius 2 is 1.65 bits per heavy atom. The number of hydrogen-bond donors (Lipinski definition) is 1. The molecule has 0 aromatic heterocycles. The van der Waals surface area contributed by atoms with Crippen LogP contribution in [0.25, 0.3) is 0 Å². The normalized spacial score (nSPS) is 23.0. The number of alkyl carbamates (subject to hydrolysis) is 1. The number of carbonyl (C=O) groups excluding carboxylic acids is 2. The Balaban J connectivity index is 2.04. The summed E-state index contributed by atoms with van der Waals surface area (Å²) in [5, 5.41) is 1.38. The van der Waals surface area contributed by atoms with E-state index in [1.165, 1.54) is 19.2 Å². The lowest BCUT2D eigenvalue weighted by molar-refractivity contribution is -0.110. The number of rotatable bonds is 6. The SMILES string of the molecule is COc1ccc([C@H]2[C@H](S(=O)(=O)c3ccc(C)cc3)[C@@]2(C=O)NC(=O)OC(C)(C)C)cc1. The first kappa shape index (κ1) is 22.8. The van der Waals surface area contributed by atoms with E-state index in [-0.39, 0.29) is 4.90 Å². The van der Waals surface area contributed by atoms with Crippen LogP contribution >= 0.6 is 0 Å². The van der Waals surface area contributed by atoms with E-state index in [1.54, 1.807) is 57.2 Å². The molecule has 0 aliphatic heterocycles. The van der Waals surface area contributed by atoms with Gasteiger partial charge in [-0.2, -0.15) is 0 Å². The second-order valence-corrected chi connectivity index (χ2v) is 10.8. The predicted molar refractivity (Wildman–Crippen MR) is 116 cm³/mol. The molecule has 1 N–H and O–H groups in total. The second-order valence-electron chi connectivity index (χ2n) is 8.71. The summed E-state index contributed by atoms with van der Waals surface area (Å²) in [4.78, 5) is 24.9. The lowest BCUT2D eigenvalue weighted by atomic mass is 10.1. The van der Waals surface area contributed by atoms with Gasteiger partial charge in [-0.05, 0) is 57.5 Å². The molecule has 1 aliphatic rings. The number of hydrogen-bond acceptors (Lipinski definition) is 6. The quantitative estimate of drug-likeness (QED) is 0.684. The number of methoxy groups -OCH3 is 1. The average Bonchev–Trinajstić information content (AvgIpc) is 3.36. The van der Waals surface area contributed by atoms with Gasteiger partial charge < -0.3 is 19.6 Å². The van der Waals surface area contributed by atoms with Gasteiger partial charge in [0, 0.05) is 5.92 Å². The zero-order chi connectivity index (χ0) is 23.0. The number of ether oxygens (including phenoxy) is 2. The molecule has 0 bridgehead atoms. The standard InChI is InChI=1S/C23H27NO6S/c1-15-6-12-18(13-7-15)31(27,28)20-19(16-8-10-17(29-5)11-9-16)23(20,14-25)24-21(26)30-22(2,3)4/h6-14,19-20H,1-5H3,(H,24,26)/t19-,20-,23-/m0/s1. The Bertz CT molecular complexity index is 1070. The van der Waals surface area contributed by atoms with Crippen molar-refractivity contribution >= 4 is 22.2 Å². The molecule has 31 heavy (non-hydrogen) atoms. The first-order valence-corrected chi connectivity index (χ1v) is 11.4. The Kier molecular flexibility index (Phi) is 5.88. The van der Waals surface area contributed by atoms with Crippen LogP contribution in [0.5, 0.6) is 5.75 Å². The molecule has 7 nitrogen and oxygen atoms in total. The third-order valence-electron chi connectivity index (χ3n) is 5.25. The third-order valence-corrected chi connectivity index (χ3v) is 7.51. The molecule has 0 spiro atoms. The highest BCUT2D eigenvalue weighted by atomic mass is 32.2. The van der Waals surface area contributed by atoms with Gasteiger partial charge in [-0.3, -0.25) is 0 Å². The van der Waals surface area contributed by atoms with E-state index in [9.17, 15) is 18.0 Å². The van der Waals surface area contributed by atoms with Gasteiger partial charge in [0.15, 0.2) is 9.84 Å². The van der Waals surface area contributed by atoms with E-state index in [0.29, 0.717) is 17.6 Å². The molecule has 1 fully saturated rings. The second kappa shape index (κ2) is 8.00. The minimum absolute atomic E-state index is 0.0938. The molecule has 0 unspecified atom stereocenters. The summed E-state index contributed by atoms with van der Waals surface area (Å²) in [6.45, 7) is 6.92. The number of amides is 1. The number of nitrogens with one attached hydrogen (secondary N) is 1. The average molecular weight is 446 g/mol. The molecule has 2 aromatic carbocycles. The van der Waals surface area contributed by atoms with Gasteiger partial charge in [-0.1, -0.05) is 29.8 Å². The van der Waals surface area contributed by atoms with Gasteiger partial charge in [-0.25, -0.2) is 13.2 Å². The molecule has 0 heterocycles. The Morgan fingerprint density at radius 1 is 1.06 bits per heavy atom. The van der Waals surface area contributed by atoms with Crippen molar-refractivity contribution in [1.29, 1.82) is 0 Å². The van der Waals surface area contributed by atoms with Crippen LogP contribution in [-0.4, -0.2) is 44.3 Å². The maximum absolute atomic E-state index is 13.5. The van der Waals surface area contributed by atoms with Crippen molar-refractivity contribution in [3.8, 4) is 5.75 Å². The summed E-state index contributed by atoms with van der Waals surface area (Å²) >= 11 is 0. The van der Waals surface area contributed by atoms with Crippen molar-refractivity contribution in [2.45, 2.75) is 54.9 Å². The molecule has 3 rings (SSSR count). The fraction of sp³-hybridized carbons (Fsp3) is 0.391. The Morgan fingerprint density at radius 3 is 2.13 bits per heavy atom. The van der Waals surface area contributed by atoms with Gasteiger partial charge in [0.2, 0.25) is 0 Å². The Hall–Kier alpha value is -2.87. The summed E-state index contributed by atoms with van der Waals surface area (Å²) in [7, 11) is -2.41. The fourth-order valence-corrected chi connectivity index (χ4v) is 5.99. The number of carbonyl (C=O) groups is 2. The van der Waals surface area contributed by atoms with E-state index < -0.39 is 38.2 Å². The number of aryl methyl sites for hydroxylation is 1. The van der Waals surface area contributed by atoms with Gasteiger partial charge in [-0.15, -0.1) is 0 Å². The highest BCUT2D eigenvalue weighted by Gasteiger charge is 2.73. The topological polar surface area (TPSA) is 98.8 Å². The molecule has 1 aliphatic carbocycles. The smallest absolute Gasteiger partial charge is 0.408 e. The lowest BCUT2D eigenvalue weighted by Crippen LogP contribution is -2.45. The van der Waals surface area contributed by atoms with Crippen molar-refractivity contribution in [1.82, 2.24) is 5.32 Å². The minimum Gasteiger partial charge on any atom is -0.497 e. The van der Waals surface area contributed by atoms with E-state index >= 15 is 0 Å². The van der Waals surface area contributed by atoms with E-state index in [2.05, 4.69) is 5.32 Å². The molecule has 0 saturated heterocycles. The molecule has 166 valence electrons. The van der Waals surface area contributed by atoms with Crippen LogP contribution in [0.15, 0.2) is 53.4 Å². The van der Waals surface area contributed by atoms with Gasteiger partial charge in [0.05, 0.1) is 12.0 Å². The van der Waals surface area contributed by atoms with Crippen molar-refractivity contribution < 1.29 is 27.5 Å². The maximum atomic E-state index is 13.5. The summed E-state index contributed by atoms with van der Waals surface area (Å²) in [6, 6.07) is 13.2. The van der Waals surface area contributed by atoms with Crippen LogP contribution in [-0.2, 0) is 19.4 Å².